The molecule has 21 heavy (non-hydrogen) atoms. The monoisotopic (exact) mass is 358 g/mol. The number of carboxylic acids is 1. The van der Waals surface area contributed by atoms with E-state index in [0.717, 1.165) is 0 Å². The van der Waals surface area contributed by atoms with E-state index in [4.69, 9.17) is 5.11 Å². The fourth-order valence-electron chi connectivity index (χ4n) is 1.74. The van der Waals surface area contributed by atoms with Crippen LogP contribution in [0.3, 0.4) is 0 Å². The minimum Gasteiger partial charge on any atom is -0.478 e. The molecule has 0 saturated heterocycles. The average molecular weight is 359 g/mol. The Balaban J connectivity index is 2.91. The normalized spacial score (nSPS) is 11.1. The Bertz CT molecular complexity index is 540. The van der Waals surface area contributed by atoms with Gasteiger partial charge in [-0.15, -0.1) is 0 Å². The third-order valence-corrected chi connectivity index (χ3v) is 3.39. The summed E-state index contributed by atoms with van der Waals surface area (Å²) in [4.78, 5) is 24.6. The zero-order chi connectivity index (χ0) is 16.2. The van der Waals surface area contributed by atoms with Gasteiger partial charge < -0.3 is 20.4 Å². The predicted molar refractivity (Wildman–Crippen MR) is 83.7 cm³/mol. The van der Waals surface area contributed by atoms with Crippen LogP contribution in [0.5, 0.6) is 0 Å². The van der Waals surface area contributed by atoms with Crippen molar-refractivity contribution in [3.05, 3.63) is 28.2 Å². The number of halogens is 1. The van der Waals surface area contributed by atoms with Gasteiger partial charge in [0.2, 0.25) is 0 Å². The summed E-state index contributed by atoms with van der Waals surface area (Å²) in [5, 5.41) is 21.4. The molecule has 0 saturated carbocycles. The van der Waals surface area contributed by atoms with Crippen LogP contribution in [-0.2, 0) is 0 Å². The number of hydrogen-bond acceptors (Lipinski definition) is 3. The highest BCUT2D eigenvalue weighted by atomic mass is 79.9. The van der Waals surface area contributed by atoms with Gasteiger partial charge in [0.05, 0.1) is 23.4 Å². The van der Waals surface area contributed by atoms with E-state index in [1.165, 1.54) is 17.0 Å². The second-order valence-electron chi connectivity index (χ2n) is 5.26. The van der Waals surface area contributed by atoms with E-state index in [0.29, 0.717) is 16.7 Å². The number of nitrogens with one attached hydrogen (secondary N) is 1. The highest BCUT2D eigenvalue weighted by Gasteiger charge is 2.22. The van der Waals surface area contributed by atoms with Crippen molar-refractivity contribution in [1.82, 2.24) is 4.90 Å². The van der Waals surface area contributed by atoms with E-state index in [1.807, 2.05) is 0 Å². The molecule has 3 N–H and O–H groups in total. The number of amides is 2. The maximum absolute atomic E-state index is 12.2. The van der Waals surface area contributed by atoms with Crippen LogP contribution >= 0.6 is 15.9 Å². The van der Waals surface area contributed by atoms with Crippen molar-refractivity contribution in [3.8, 4) is 0 Å². The van der Waals surface area contributed by atoms with Crippen molar-refractivity contribution >= 4 is 33.6 Å². The summed E-state index contributed by atoms with van der Waals surface area (Å²) in [6.45, 7) is 5.62. The van der Waals surface area contributed by atoms with Gasteiger partial charge in [0, 0.05) is 11.0 Å². The van der Waals surface area contributed by atoms with Gasteiger partial charge in [-0.1, -0.05) is 0 Å². The molecule has 0 aliphatic rings. The lowest BCUT2D eigenvalue weighted by molar-refractivity contribution is 0.0501. The molecule has 0 aromatic heterocycles. The molecule has 0 spiro atoms. The van der Waals surface area contributed by atoms with Gasteiger partial charge in [0.1, 0.15) is 0 Å². The van der Waals surface area contributed by atoms with E-state index in [-0.39, 0.29) is 12.1 Å². The molecular formula is C14H19BrN2O4. The van der Waals surface area contributed by atoms with Gasteiger partial charge in [-0.3, -0.25) is 0 Å². The van der Waals surface area contributed by atoms with Crippen molar-refractivity contribution in [2.24, 2.45) is 0 Å². The maximum Gasteiger partial charge on any atom is 0.335 e. The van der Waals surface area contributed by atoms with Crippen LogP contribution in [-0.4, -0.2) is 45.8 Å². The van der Waals surface area contributed by atoms with Gasteiger partial charge in [0.25, 0.3) is 0 Å². The molecule has 0 unspecified atom stereocenters. The topological polar surface area (TPSA) is 89.9 Å². The minimum absolute atomic E-state index is 0.0824. The van der Waals surface area contributed by atoms with Crippen LogP contribution in [0, 0.1) is 0 Å². The van der Waals surface area contributed by atoms with Crippen molar-refractivity contribution in [2.45, 2.75) is 26.4 Å². The summed E-state index contributed by atoms with van der Waals surface area (Å²) in [5.74, 6) is -1.07. The number of benzene rings is 1. The zero-order valence-corrected chi connectivity index (χ0v) is 13.8. The zero-order valence-electron chi connectivity index (χ0n) is 12.2. The first-order valence-corrected chi connectivity index (χ1v) is 7.24. The molecule has 7 heteroatoms. The second-order valence-corrected chi connectivity index (χ2v) is 6.11. The van der Waals surface area contributed by atoms with Crippen LogP contribution in [0.1, 0.15) is 31.1 Å². The van der Waals surface area contributed by atoms with Crippen molar-refractivity contribution in [2.75, 3.05) is 18.4 Å². The quantitative estimate of drug-likeness (QED) is 0.754. The predicted octanol–water partition coefficient (Wildman–Crippen LogP) is 2.77. The number of nitrogens with zero attached hydrogens (tertiary/aromatic N) is 1. The summed E-state index contributed by atoms with van der Waals surface area (Å²) in [6.07, 6.45) is 0. The van der Waals surface area contributed by atoms with E-state index in [1.54, 1.807) is 26.8 Å². The first-order chi connectivity index (χ1) is 9.64. The van der Waals surface area contributed by atoms with Crippen molar-refractivity contribution in [1.29, 1.82) is 0 Å². The van der Waals surface area contributed by atoms with Crippen LogP contribution in [0.2, 0.25) is 0 Å². The lowest BCUT2D eigenvalue weighted by Gasteiger charge is -2.28. The number of likely N-dealkylation sites (N-methyl/N-ethyl adjacent to an activating group) is 1. The number of carbonyl (C=O) groups excluding carboxylic acids is 1. The summed E-state index contributed by atoms with van der Waals surface area (Å²) in [6, 6.07) is 3.98. The first kappa shape index (κ1) is 17.5. The molecule has 1 rings (SSSR count). The number of aliphatic hydroxyl groups is 1. The molecule has 116 valence electrons. The summed E-state index contributed by atoms with van der Waals surface area (Å²) < 4.78 is 0.583. The lowest BCUT2D eigenvalue weighted by Crippen LogP contribution is -2.44. The number of aromatic carboxylic acids is 1. The number of carboxylic acid groups (broad SMARTS) is 1. The number of hydrogen-bond donors (Lipinski definition) is 3. The number of anilines is 1. The summed E-state index contributed by atoms with van der Waals surface area (Å²) >= 11 is 3.26. The molecule has 1 aromatic rings. The Kier molecular flexibility index (Phi) is 5.74. The number of rotatable bonds is 5. The molecule has 2 amide bonds. The molecule has 1 aromatic carbocycles. The molecule has 6 nitrogen and oxygen atoms in total. The SMILES string of the molecule is CCN(CC(C)(C)O)C(=O)Nc1cc(C(=O)O)ccc1Br. The Morgan fingerprint density at radius 2 is 2.00 bits per heavy atom. The third kappa shape index (κ3) is 5.35. The molecule has 0 atom stereocenters. The fourth-order valence-corrected chi connectivity index (χ4v) is 2.09. The van der Waals surface area contributed by atoms with Crippen molar-refractivity contribution < 1.29 is 19.8 Å². The van der Waals surface area contributed by atoms with Crippen LogP contribution in [0.15, 0.2) is 22.7 Å². The molecule has 0 fully saturated rings. The Morgan fingerprint density at radius 3 is 2.48 bits per heavy atom. The standard InChI is InChI=1S/C14H19BrN2O4/c1-4-17(8-14(2,3)21)13(20)16-11-7-9(12(18)19)5-6-10(11)15/h5-7,21H,4,8H2,1-3H3,(H,16,20)(H,18,19). The highest BCUT2D eigenvalue weighted by molar-refractivity contribution is 9.10. The average Bonchev–Trinajstić information content (AvgIpc) is 2.37. The van der Waals surface area contributed by atoms with E-state index in [9.17, 15) is 14.7 Å². The second kappa shape index (κ2) is 6.91. The molecule has 0 heterocycles. The largest absolute Gasteiger partial charge is 0.478 e. The van der Waals surface area contributed by atoms with Gasteiger partial charge >= 0.3 is 12.0 Å². The lowest BCUT2D eigenvalue weighted by atomic mass is 10.1. The molecular weight excluding hydrogens is 340 g/mol. The first-order valence-electron chi connectivity index (χ1n) is 6.45. The number of urea groups is 1. The maximum atomic E-state index is 12.2. The molecule has 0 aliphatic heterocycles. The smallest absolute Gasteiger partial charge is 0.335 e. The fraction of sp³-hybridized carbons (Fsp3) is 0.429. The van der Waals surface area contributed by atoms with Crippen LogP contribution < -0.4 is 5.32 Å². The van der Waals surface area contributed by atoms with Crippen LogP contribution in [0.4, 0.5) is 10.5 Å². The van der Waals surface area contributed by atoms with Gasteiger partial charge in [-0.05, 0) is 54.9 Å². The molecule has 0 bridgehead atoms. The Labute approximate surface area is 131 Å². The Morgan fingerprint density at radius 1 is 1.38 bits per heavy atom. The number of carbonyl (C=O) groups is 2. The molecule has 0 radical (unpaired) electrons. The minimum atomic E-state index is -1.07. The van der Waals surface area contributed by atoms with Crippen LogP contribution in [0.25, 0.3) is 0 Å². The van der Waals surface area contributed by atoms with Gasteiger partial charge in [-0.25, -0.2) is 9.59 Å². The van der Waals surface area contributed by atoms with Crippen molar-refractivity contribution in [3.63, 3.8) is 0 Å². The van der Waals surface area contributed by atoms with E-state index in [2.05, 4.69) is 21.2 Å². The highest BCUT2D eigenvalue weighted by Crippen LogP contribution is 2.24. The third-order valence-electron chi connectivity index (χ3n) is 2.70. The van der Waals surface area contributed by atoms with E-state index >= 15 is 0 Å². The Hall–Kier alpha value is -1.60. The molecule has 0 aliphatic carbocycles. The summed E-state index contributed by atoms with van der Waals surface area (Å²) in [5.41, 5.74) is -0.554. The van der Waals surface area contributed by atoms with Gasteiger partial charge in [0.15, 0.2) is 0 Å². The van der Waals surface area contributed by atoms with E-state index < -0.39 is 17.6 Å². The van der Waals surface area contributed by atoms with Gasteiger partial charge in [-0.2, -0.15) is 0 Å². The summed E-state index contributed by atoms with van der Waals surface area (Å²) in [7, 11) is 0.